The summed E-state index contributed by atoms with van der Waals surface area (Å²) in [5.41, 5.74) is 16.0. The number of nitrogens with two attached hydrogens (primary N) is 2. The SMILES string of the molecule is Nc1ccc(C=Cc2cc(N)c3ccccc3n2)cc1. The van der Waals surface area contributed by atoms with E-state index in [0.29, 0.717) is 0 Å². The smallest absolute Gasteiger partial charge is 0.0729 e. The molecule has 0 saturated carbocycles. The molecular weight excluding hydrogens is 246 g/mol. The van der Waals surface area contributed by atoms with Crippen molar-refractivity contribution < 1.29 is 0 Å². The summed E-state index contributed by atoms with van der Waals surface area (Å²) in [6.45, 7) is 0. The number of para-hydroxylation sites is 1. The molecule has 1 heterocycles. The zero-order valence-electron chi connectivity index (χ0n) is 11.0. The van der Waals surface area contributed by atoms with Crippen LogP contribution in [0.5, 0.6) is 0 Å². The van der Waals surface area contributed by atoms with E-state index >= 15 is 0 Å². The van der Waals surface area contributed by atoms with Crippen LogP contribution in [0.1, 0.15) is 11.3 Å². The molecule has 3 heteroatoms. The third-order valence-electron chi connectivity index (χ3n) is 3.15. The summed E-state index contributed by atoms with van der Waals surface area (Å²) < 4.78 is 0. The molecule has 4 N–H and O–H groups in total. The molecule has 2 aromatic carbocycles. The Bertz CT molecular complexity index is 774. The van der Waals surface area contributed by atoms with Gasteiger partial charge in [-0.15, -0.1) is 0 Å². The lowest BCUT2D eigenvalue weighted by molar-refractivity contribution is 1.37. The average Bonchev–Trinajstić information content (AvgIpc) is 2.47. The quantitative estimate of drug-likeness (QED) is 0.693. The van der Waals surface area contributed by atoms with E-state index in [2.05, 4.69) is 4.98 Å². The number of hydrogen-bond acceptors (Lipinski definition) is 3. The Hall–Kier alpha value is -2.81. The van der Waals surface area contributed by atoms with Crippen molar-refractivity contribution in [3.63, 3.8) is 0 Å². The van der Waals surface area contributed by atoms with E-state index in [0.717, 1.165) is 33.5 Å². The molecule has 0 aliphatic rings. The minimum Gasteiger partial charge on any atom is -0.399 e. The molecule has 3 nitrogen and oxygen atoms in total. The van der Waals surface area contributed by atoms with Gasteiger partial charge in [0.2, 0.25) is 0 Å². The molecule has 0 amide bonds. The summed E-state index contributed by atoms with van der Waals surface area (Å²) in [6, 6.07) is 17.4. The van der Waals surface area contributed by atoms with Gasteiger partial charge in [-0.25, -0.2) is 4.98 Å². The van der Waals surface area contributed by atoms with E-state index in [1.54, 1.807) is 0 Å². The van der Waals surface area contributed by atoms with Crippen LogP contribution in [0.25, 0.3) is 23.1 Å². The van der Waals surface area contributed by atoms with Crippen molar-refractivity contribution in [3.8, 4) is 0 Å². The van der Waals surface area contributed by atoms with E-state index < -0.39 is 0 Å². The summed E-state index contributed by atoms with van der Waals surface area (Å²) in [7, 11) is 0. The predicted octanol–water partition coefficient (Wildman–Crippen LogP) is 3.57. The van der Waals surface area contributed by atoms with Crippen LogP contribution in [0.15, 0.2) is 54.6 Å². The molecule has 1 aromatic heterocycles. The first-order valence-electron chi connectivity index (χ1n) is 6.41. The lowest BCUT2D eigenvalue weighted by atomic mass is 10.1. The van der Waals surface area contributed by atoms with Gasteiger partial charge in [-0.2, -0.15) is 0 Å². The van der Waals surface area contributed by atoms with Crippen molar-refractivity contribution >= 4 is 34.4 Å². The van der Waals surface area contributed by atoms with Crippen molar-refractivity contribution in [3.05, 3.63) is 65.9 Å². The Morgan fingerprint density at radius 2 is 1.60 bits per heavy atom. The fraction of sp³-hybridized carbons (Fsp3) is 0. The number of nitrogen functional groups attached to an aromatic ring is 2. The maximum Gasteiger partial charge on any atom is 0.0729 e. The Morgan fingerprint density at radius 3 is 2.40 bits per heavy atom. The maximum atomic E-state index is 6.06. The van der Waals surface area contributed by atoms with Crippen LogP contribution < -0.4 is 11.5 Å². The van der Waals surface area contributed by atoms with Gasteiger partial charge in [0.05, 0.1) is 11.2 Å². The topological polar surface area (TPSA) is 64.9 Å². The highest BCUT2D eigenvalue weighted by Gasteiger charge is 2.00. The van der Waals surface area contributed by atoms with Crippen LogP contribution in [0.4, 0.5) is 11.4 Å². The fourth-order valence-electron chi connectivity index (χ4n) is 2.10. The molecule has 0 fully saturated rings. The molecule has 0 aliphatic heterocycles. The Balaban J connectivity index is 1.96. The van der Waals surface area contributed by atoms with Gasteiger partial charge in [-0.1, -0.05) is 36.4 Å². The van der Waals surface area contributed by atoms with Gasteiger partial charge in [0.25, 0.3) is 0 Å². The number of anilines is 2. The third kappa shape index (κ3) is 2.47. The molecule has 98 valence electrons. The first-order valence-corrected chi connectivity index (χ1v) is 6.41. The van der Waals surface area contributed by atoms with E-state index in [4.69, 9.17) is 11.5 Å². The standard InChI is InChI=1S/C17H15N3/c18-13-8-5-12(6-9-13)7-10-14-11-16(19)15-3-1-2-4-17(15)20-14/h1-11H,18H2,(H2,19,20). The van der Waals surface area contributed by atoms with E-state index in [9.17, 15) is 0 Å². The second kappa shape index (κ2) is 5.05. The number of benzene rings is 2. The van der Waals surface area contributed by atoms with Crippen molar-refractivity contribution in [1.29, 1.82) is 0 Å². The Morgan fingerprint density at radius 1 is 0.850 bits per heavy atom. The van der Waals surface area contributed by atoms with E-state index in [1.165, 1.54) is 0 Å². The van der Waals surface area contributed by atoms with Crippen LogP contribution in [-0.4, -0.2) is 4.98 Å². The highest BCUT2D eigenvalue weighted by atomic mass is 14.7. The molecule has 0 aliphatic carbocycles. The van der Waals surface area contributed by atoms with E-state index in [-0.39, 0.29) is 0 Å². The van der Waals surface area contributed by atoms with Crippen molar-refractivity contribution in [1.82, 2.24) is 4.98 Å². The zero-order chi connectivity index (χ0) is 13.9. The van der Waals surface area contributed by atoms with Crippen LogP contribution >= 0.6 is 0 Å². The monoisotopic (exact) mass is 261 g/mol. The fourth-order valence-corrected chi connectivity index (χ4v) is 2.10. The predicted molar refractivity (Wildman–Crippen MR) is 85.9 cm³/mol. The first-order chi connectivity index (χ1) is 9.72. The van der Waals surface area contributed by atoms with Crippen molar-refractivity contribution in [2.24, 2.45) is 0 Å². The highest BCUT2D eigenvalue weighted by molar-refractivity contribution is 5.91. The molecule has 0 bridgehead atoms. The molecule has 3 aromatic rings. The number of hydrogen-bond donors (Lipinski definition) is 2. The second-order valence-corrected chi connectivity index (χ2v) is 4.65. The van der Waals surface area contributed by atoms with Gasteiger partial charge in [0, 0.05) is 16.8 Å². The molecular formula is C17H15N3. The molecule has 0 atom stereocenters. The third-order valence-corrected chi connectivity index (χ3v) is 3.15. The second-order valence-electron chi connectivity index (χ2n) is 4.65. The van der Waals surface area contributed by atoms with Gasteiger partial charge < -0.3 is 11.5 Å². The highest BCUT2D eigenvalue weighted by Crippen LogP contribution is 2.21. The summed E-state index contributed by atoms with van der Waals surface area (Å²) in [6.07, 6.45) is 3.95. The van der Waals surface area contributed by atoms with Gasteiger partial charge in [-0.3, -0.25) is 0 Å². The normalized spacial score (nSPS) is 11.2. The summed E-state index contributed by atoms with van der Waals surface area (Å²) >= 11 is 0. The van der Waals surface area contributed by atoms with Crippen LogP contribution in [0.2, 0.25) is 0 Å². The lowest BCUT2D eigenvalue weighted by Gasteiger charge is -2.03. The van der Waals surface area contributed by atoms with Crippen molar-refractivity contribution in [2.45, 2.75) is 0 Å². The van der Waals surface area contributed by atoms with Gasteiger partial charge in [0.1, 0.15) is 0 Å². The minimum absolute atomic E-state index is 0.743. The van der Waals surface area contributed by atoms with Crippen LogP contribution in [0.3, 0.4) is 0 Å². The summed E-state index contributed by atoms with van der Waals surface area (Å²) in [5, 5.41) is 0.983. The lowest BCUT2D eigenvalue weighted by Crippen LogP contribution is -1.91. The molecule has 20 heavy (non-hydrogen) atoms. The molecule has 0 spiro atoms. The van der Waals surface area contributed by atoms with Crippen LogP contribution in [0, 0.1) is 0 Å². The molecule has 0 unspecified atom stereocenters. The Labute approximate surface area is 117 Å². The number of pyridine rings is 1. The van der Waals surface area contributed by atoms with Gasteiger partial charge in [0.15, 0.2) is 0 Å². The minimum atomic E-state index is 0.743. The number of rotatable bonds is 2. The largest absolute Gasteiger partial charge is 0.399 e. The Kier molecular flexibility index (Phi) is 3.09. The van der Waals surface area contributed by atoms with Gasteiger partial charge >= 0.3 is 0 Å². The van der Waals surface area contributed by atoms with Crippen molar-refractivity contribution in [2.75, 3.05) is 11.5 Å². The summed E-state index contributed by atoms with van der Waals surface area (Å²) in [5.74, 6) is 0. The summed E-state index contributed by atoms with van der Waals surface area (Å²) in [4.78, 5) is 4.58. The van der Waals surface area contributed by atoms with Crippen LogP contribution in [-0.2, 0) is 0 Å². The van der Waals surface area contributed by atoms with Gasteiger partial charge in [-0.05, 0) is 35.9 Å². The molecule has 3 rings (SSSR count). The number of fused-ring (bicyclic) bond motifs is 1. The molecule has 0 radical (unpaired) electrons. The average molecular weight is 261 g/mol. The first kappa shape index (κ1) is 12.2. The maximum absolute atomic E-state index is 6.06. The number of nitrogens with zero attached hydrogens (tertiary/aromatic N) is 1. The zero-order valence-corrected chi connectivity index (χ0v) is 11.0. The number of aromatic nitrogens is 1. The van der Waals surface area contributed by atoms with E-state index in [1.807, 2.05) is 66.7 Å². The molecule has 0 saturated heterocycles.